The average Bonchev–Trinajstić information content (AvgIpc) is 3.40. The molecule has 2 aromatic heterocycles. The highest BCUT2D eigenvalue weighted by Crippen LogP contribution is 2.23. The Hall–Kier alpha value is -3.32. The molecule has 0 spiro atoms. The third-order valence-electron chi connectivity index (χ3n) is 4.07. The molecule has 0 bridgehead atoms. The van der Waals surface area contributed by atoms with Crippen LogP contribution in [0.15, 0.2) is 82.6 Å². The number of hydrogen-bond acceptors (Lipinski definition) is 6. The first kappa shape index (κ1) is 18.1. The number of benzene rings is 2. The molecule has 0 N–H and O–H groups in total. The molecule has 0 aliphatic heterocycles. The average molecular weight is 391 g/mol. The lowest BCUT2D eigenvalue weighted by Crippen LogP contribution is -2.11. The number of para-hydroxylation sites is 1. The Balaban J connectivity index is 1.51. The van der Waals surface area contributed by atoms with Gasteiger partial charge >= 0.3 is 5.97 Å². The number of hydrogen-bond donors (Lipinski definition) is 0. The van der Waals surface area contributed by atoms with E-state index in [4.69, 9.17) is 9.15 Å². The predicted octanol–water partition coefficient (Wildman–Crippen LogP) is 4.61. The molecular formula is C21H17N3O3S. The van der Waals surface area contributed by atoms with E-state index in [1.54, 1.807) is 10.8 Å². The van der Waals surface area contributed by atoms with Gasteiger partial charge < -0.3 is 9.15 Å². The minimum atomic E-state index is -0.490. The lowest BCUT2D eigenvalue weighted by Gasteiger charge is -2.10. The summed E-state index contributed by atoms with van der Waals surface area (Å²) in [6.07, 6.45) is 5.06. The van der Waals surface area contributed by atoms with E-state index in [-0.39, 0.29) is 6.61 Å². The molecule has 0 fully saturated rings. The quantitative estimate of drug-likeness (QED) is 0.353. The summed E-state index contributed by atoms with van der Waals surface area (Å²) in [5.74, 6) is 0.477. The number of imidazole rings is 1. The van der Waals surface area contributed by atoms with Gasteiger partial charge in [0, 0.05) is 11.3 Å². The second kappa shape index (κ2) is 8.14. The standard InChI is InChI=1S/C21H17N3O3S/c1-28-21-23-12-17(24(21)16-10-6-3-7-11-16)20(25)26-14-19-22-13-18(27-19)15-8-4-2-5-9-15/h2-13H,14H2,1H3. The van der Waals surface area contributed by atoms with E-state index in [0.717, 1.165) is 11.3 Å². The van der Waals surface area contributed by atoms with Gasteiger partial charge in [0.05, 0.1) is 12.4 Å². The van der Waals surface area contributed by atoms with Gasteiger partial charge in [0.1, 0.15) is 0 Å². The van der Waals surface area contributed by atoms with Gasteiger partial charge in [-0.15, -0.1) is 0 Å². The number of thioether (sulfide) groups is 1. The molecule has 0 radical (unpaired) electrons. The fourth-order valence-corrected chi connectivity index (χ4v) is 3.31. The van der Waals surface area contributed by atoms with Crippen molar-refractivity contribution in [1.29, 1.82) is 0 Å². The van der Waals surface area contributed by atoms with Crippen molar-refractivity contribution in [3.05, 3.63) is 84.6 Å². The summed E-state index contributed by atoms with van der Waals surface area (Å²) < 4.78 is 12.9. The van der Waals surface area contributed by atoms with E-state index >= 15 is 0 Å². The maximum atomic E-state index is 12.7. The second-order valence-corrected chi connectivity index (χ2v) is 6.63. The summed E-state index contributed by atoms with van der Waals surface area (Å²) in [5.41, 5.74) is 2.11. The summed E-state index contributed by atoms with van der Waals surface area (Å²) in [5, 5.41) is 0.709. The lowest BCUT2D eigenvalue weighted by atomic mass is 10.2. The first-order valence-electron chi connectivity index (χ1n) is 8.60. The molecule has 0 saturated heterocycles. The van der Waals surface area contributed by atoms with Crippen molar-refractivity contribution in [2.75, 3.05) is 6.26 Å². The van der Waals surface area contributed by atoms with Gasteiger partial charge in [-0.1, -0.05) is 60.3 Å². The van der Waals surface area contributed by atoms with Crippen LogP contribution in [-0.2, 0) is 11.3 Å². The lowest BCUT2D eigenvalue weighted by molar-refractivity contribution is 0.0428. The van der Waals surface area contributed by atoms with Crippen molar-refractivity contribution in [3.8, 4) is 17.0 Å². The van der Waals surface area contributed by atoms with Crippen LogP contribution in [0.3, 0.4) is 0 Å². The largest absolute Gasteiger partial charge is 0.451 e. The summed E-state index contributed by atoms with van der Waals surface area (Å²) in [6, 6.07) is 19.2. The Labute approximate surface area is 166 Å². The zero-order valence-electron chi connectivity index (χ0n) is 15.1. The molecule has 0 saturated carbocycles. The van der Waals surface area contributed by atoms with Crippen LogP contribution in [0, 0.1) is 0 Å². The van der Waals surface area contributed by atoms with Crippen LogP contribution in [-0.4, -0.2) is 26.8 Å². The maximum Gasteiger partial charge on any atom is 0.357 e. The SMILES string of the molecule is CSc1ncc(C(=O)OCc2ncc(-c3ccccc3)o2)n1-c1ccccc1. The topological polar surface area (TPSA) is 70.2 Å². The molecular weight excluding hydrogens is 374 g/mol. The van der Waals surface area contributed by atoms with Gasteiger partial charge in [-0.2, -0.15) is 0 Å². The van der Waals surface area contributed by atoms with Gasteiger partial charge in [0.2, 0.25) is 5.89 Å². The van der Waals surface area contributed by atoms with Crippen molar-refractivity contribution in [3.63, 3.8) is 0 Å². The number of rotatable bonds is 6. The highest BCUT2D eigenvalue weighted by molar-refractivity contribution is 7.98. The number of carbonyl (C=O) groups excluding carboxylic acids is 1. The van der Waals surface area contributed by atoms with Gasteiger partial charge in [0.25, 0.3) is 0 Å². The van der Waals surface area contributed by atoms with Gasteiger partial charge in [0.15, 0.2) is 23.2 Å². The molecule has 28 heavy (non-hydrogen) atoms. The highest BCUT2D eigenvalue weighted by Gasteiger charge is 2.19. The number of aromatic nitrogens is 3. The zero-order chi connectivity index (χ0) is 19.3. The molecule has 0 unspecified atom stereocenters. The maximum absolute atomic E-state index is 12.7. The normalized spacial score (nSPS) is 10.8. The van der Waals surface area contributed by atoms with Crippen LogP contribution < -0.4 is 0 Å². The molecule has 140 valence electrons. The third kappa shape index (κ3) is 3.70. The summed E-state index contributed by atoms with van der Waals surface area (Å²) in [4.78, 5) is 21.2. The molecule has 4 rings (SSSR count). The van der Waals surface area contributed by atoms with Gasteiger partial charge in [-0.05, 0) is 18.4 Å². The number of carbonyl (C=O) groups is 1. The van der Waals surface area contributed by atoms with E-state index in [1.807, 2.05) is 66.9 Å². The molecule has 0 amide bonds. The van der Waals surface area contributed by atoms with Crippen molar-refractivity contribution >= 4 is 17.7 Å². The predicted molar refractivity (Wildman–Crippen MR) is 106 cm³/mol. The minimum Gasteiger partial charge on any atom is -0.451 e. The van der Waals surface area contributed by atoms with Crippen molar-refractivity contribution in [2.45, 2.75) is 11.8 Å². The number of oxazole rings is 1. The summed E-state index contributed by atoms with van der Waals surface area (Å²) in [6.45, 7) is -0.0553. The van der Waals surface area contributed by atoms with E-state index in [9.17, 15) is 4.79 Å². The zero-order valence-corrected chi connectivity index (χ0v) is 15.9. The molecule has 6 nitrogen and oxygen atoms in total. The Bertz CT molecular complexity index is 1070. The molecule has 0 aliphatic rings. The first-order valence-corrected chi connectivity index (χ1v) is 9.83. The first-order chi connectivity index (χ1) is 13.8. The third-order valence-corrected chi connectivity index (χ3v) is 4.73. The van der Waals surface area contributed by atoms with E-state index in [0.29, 0.717) is 22.5 Å². The second-order valence-electron chi connectivity index (χ2n) is 5.86. The van der Waals surface area contributed by atoms with Crippen LogP contribution in [0.25, 0.3) is 17.0 Å². The Morgan fingerprint density at radius 1 is 1.04 bits per heavy atom. The van der Waals surface area contributed by atoms with Crippen LogP contribution in [0.2, 0.25) is 0 Å². The van der Waals surface area contributed by atoms with E-state index < -0.39 is 5.97 Å². The summed E-state index contributed by atoms with van der Waals surface area (Å²) >= 11 is 1.46. The van der Waals surface area contributed by atoms with Crippen LogP contribution in [0.1, 0.15) is 16.4 Å². The molecule has 2 heterocycles. The fourth-order valence-electron chi connectivity index (χ4n) is 2.76. The monoisotopic (exact) mass is 391 g/mol. The molecule has 4 aromatic rings. The van der Waals surface area contributed by atoms with Crippen LogP contribution >= 0.6 is 11.8 Å². The molecule has 0 atom stereocenters. The Morgan fingerprint density at radius 3 is 2.46 bits per heavy atom. The van der Waals surface area contributed by atoms with Gasteiger partial charge in [-0.25, -0.2) is 14.8 Å². The minimum absolute atomic E-state index is 0.0553. The number of ether oxygens (including phenoxy) is 1. The molecule has 7 heteroatoms. The summed E-state index contributed by atoms with van der Waals surface area (Å²) in [7, 11) is 0. The Morgan fingerprint density at radius 2 is 1.75 bits per heavy atom. The van der Waals surface area contributed by atoms with Crippen LogP contribution in [0.5, 0.6) is 0 Å². The fraction of sp³-hybridized carbons (Fsp3) is 0.0952. The molecule has 2 aromatic carbocycles. The smallest absolute Gasteiger partial charge is 0.357 e. The van der Waals surface area contributed by atoms with Crippen molar-refractivity contribution < 1.29 is 13.9 Å². The number of esters is 1. The van der Waals surface area contributed by atoms with E-state index in [2.05, 4.69) is 9.97 Å². The van der Waals surface area contributed by atoms with Crippen LogP contribution in [0.4, 0.5) is 0 Å². The molecule has 0 aliphatic carbocycles. The van der Waals surface area contributed by atoms with Crippen molar-refractivity contribution in [1.82, 2.24) is 14.5 Å². The Kier molecular flexibility index (Phi) is 5.25. The van der Waals surface area contributed by atoms with Gasteiger partial charge in [-0.3, -0.25) is 4.57 Å². The highest BCUT2D eigenvalue weighted by atomic mass is 32.2. The van der Waals surface area contributed by atoms with E-state index in [1.165, 1.54) is 18.0 Å². The van der Waals surface area contributed by atoms with Crippen molar-refractivity contribution in [2.24, 2.45) is 0 Å². The number of nitrogens with zero attached hydrogens (tertiary/aromatic N) is 3.